The van der Waals surface area contributed by atoms with Gasteiger partial charge in [0.2, 0.25) is 10.0 Å². The van der Waals surface area contributed by atoms with Gasteiger partial charge in [-0.1, -0.05) is 20.8 Å². The summed E-state index contributed by atoms with van der Waals surface area (Å²) < 4.78 is 22.3. The highest BCUT2D eigenvalue weighted by atomic mass is 32.2. The van der Waals surface area contributed by atoms with Gasteiger partial charge in [-0.15, -0.1) is 0 Å². The second-order valence-electron chi connectivity index (χ2n) is 4.90. The summed E-state index contributed by atoms with van der Waals surface area (Å²) in [6.07, 6.45) is 0. The molecule has 5 nitrogen and oxygen atoms in total. The van der Waals surface area contributed by atoms with Gasteiger partial charge in [0, 0.05) is 6.54 Å². The van der Waals surface area contributed by atoms with Gasteiger partial charge in [-0.2, -0.15) is 0 Å². The number of nitrogens with one attached hydrogen (secondary N) is 1. The lowest BCUT2D eigenvalue weighted by atomic mass is 9.98. The van der Waals surface area contributed by atoms with Crippen LogP contribution in [0.15, 0.2) is 23.1 Å². The van der Waals surface area contributed by atoms with Crippen molar-refractivity contribution in [1.29, 1.82) is 0 Å². The van der Waals surface area contributed by atoms with E-state index in [9.17, 15) is 8.42 Å². The highest BCUT2D eigenvalue weighted by Gasteiger charge is 2.11. The molecule has 0 radical (unpaired) electrons. The predicted octanol–water partition coefficient (Wildman–Crippen LogP) is 1.62. The molecule has 1 aromatic rings. The Morgan fingerprint density at radius 1 is 1.28 bits per heavy atom. The summed E-state index contributed by atoms with van der Waals surface area (Å²) in [5, 5.41) is 8.25. The fraction of sp³-hybridized carbons (Fsp3) is 0.500. The SMILES string of the molecule is CC(C)C(C)CNc1ccc(S(N)(=O)=O)cc1N. The molecule has 1 atom stereocenters. The molecule has 0 amide bonds. The molecule has 0 saturated carbocycles. The standard InChI is InChI=1S/C12H21N3O2S/c1-8(2)9(3)7-15-12-5-4-10(6-11(12)13)18(14,16)17/h4-6,8-9,15H,7,13H2,1-3H3,(H2,14,16,17). The number of hydrogen-bond donors (Lipinski definition) is 3. The quantitative estimate of drug-likeness (QED) is 0.709. The number of rotatable bonds is 5. The first-order valence-corrected chi connectivity index (χ1v) is 7.42. The van der Waals surface area contributed by atoms with Crippen LogP contribution in [0.1, 0.15) is 20.8 Å². The fourth-order valence-corrected chi connectivity index (χ4v) is 1.93. The maximum atomic E-state index is 11.2. The zero-order valence-corrected chi connectivity index (χ0v) is 11.8. The predicted molar refractivity (Wildman–Crippen MR) is 74.7 cm³/mol. The van der Waals surface area contributed by atoms with E-state index in [1.165, 1.54) is 12.1 Å². The van der Waals surface area contributed by atoms with Crippen LogP contribution in [0.25, 0.3) is 0 Å². The number of nitrogen functional groups attached to an aromatic ring is 1. The Labute approximate surface area is 109 Å². The first kappa shape index (κ1) is 14.8. The van der Waals surface area contributed by atoms with Gasteiger partial charge in [-0.3, -0.25) is 0 Å². The van der Waals surface area contributed by atoms with Gasteiger partial charge >= 0.3 is 0 Å². The number of benzene rings is 1. The molecule has 102 valence electrons. The molecule has 1 unspecified atom stereocenters. The molecule has 0 bridgehead atoms. The number of anilines is 2. The van der Waals surface area contributed by atoms with Gasteiger partial charge in [-0.25, -0.2) is 13.6 Å². The Balaban J connectivity index is 2.81. The summed E-state index contributed by atoms with van der Waals surface area (Å²) >= 11 is 0. The van der Waals surface area contributed by atoms with Gasteiger partial charge in [0.15, 0.2) is 0 Å². The molecule has 0 spiro atoms. The third kappa shape index (κ3) is 3.89. The molecule has 0 aromatic heterocycles. The largest absolute Gasteiger partial charge is 0.397 e. The van der Waals surface area contributed by atoms with Gasteiger partial charge < -0.3 is 11.1 Å². The Kier molecular flexibility index (Phi) is 4.59. The van der Waals surface area contributed by atoms with E-state index in [-0.39, 0.29) is 4.90 Å². The topological polar surface area (TPSA) is 98.2 Å². The van der Waals surface area contributed by atoms with E-state index in [2.05, 4.69) is 26.1 Å². The van der Waals surface area contributed by atoms with Crippen LogP contribution in [0.5, 0.6) is 0 Å². The van der Waals surface area contributed by atoms with Gasteiger partial charge in [0.1, 0.15) is 0 Å². The number of hydrogen-bond acceptors (Lipinski definition) is 4. The van der Waals surface area contributed by atoms with Gasteiger partial charge in [0.25, 0.3) is 0 Å². The van der Waals surface area contributed by atoms with Crippen LogP contribution < -0.4 is 16.2 Å². The van der Waals surface area contributed by atoms with Crippen molar-refractivity contribution in [1.82, 2.24) is 0 Å². The summed E-state index contributed by atoms with van der Waals surface area (Å²) in [7, 11) is -3.69. The van der Waals surface area contributed by atoms with E-state index in [4.69, 9.17) is 10.9 Å². The number of nitrogens with two attached hydrogens (primary N) is 2. The summed E-state index contributed by atoms with van der Waals surface area (Å²) in [5.74, 6) is 1.07. The van der Waals surface area contributed by atoms with Crippen LogP contribution >= 0.6 is 0 Å². The Morgan fingerprint density at radius 2 is 1.89 bits per heavy atom. The van der Waals surface area contributed by atoms with Crippen LogP contribution in [0.4, 0.5) is 11.4 Å². The Hall–Kier alpha value is -1.27. The lowest BCUT2D eigenvalue weighted by molar-refractivity contribution is 0.440. The van der Waals surface area contributed by atoms with Crippen molar-refractivity contribution in [3.63, 3.8) is 0 Å². The van der Waals surface area contributed by atoms with Crippen LogP contribution in [0, 0.1) is 11.8 Å². The van der Waals surface area contributed by atoms with Crippen molar-refractivity contribution in [3.8, 4) is 0 Å². The third-order valence-electron chi connectivity index (χ3n) is 3.10. The fourth-order valence-electron chi connectivity index (χ4n) is 1.39. The molecule has 0 aliphatic carbocycles. The van der Waals surface area contributed by atoms with Crippen LogP contribution in [-0.2, 0) is 10.0 Å². The lowest BCUT2D eigenvalue weighted by Gasteiger charge is -2.18. The highest BCUT2D eigenvalue weighted by molar-refractivity contribution is 7.89. The monoisotopic (exact) mass is 271 g/mol. The molecule has 0 saturated heterocycles. The van der Waals surface area contributed by atoms with Gasteiger partial charge in [0.05, 0.1) is 16.3 Å². The maximum Gasteiger partial charge on any atom is 0.238 e. The van der Waals surface area contributed by atoms with Crippen LogP contribution in [0.3, 0.4) is 0 Å². The van der Waals surface area contributed by atoms with Crippen molar-refractivity contribution in [2.24, 2.45) is 17.0 Å². The average molecular weight is 271 g/mol. The second-order valence-corrected chi connectivity index (χ2v) is 6.46. The van der Waals surface area contributed by atoms with Crippen molar-refractivity contribution in [3.05, 3.63) is 18.2 Å². The second kappa shape index (κ2) is 5.58. The van der Waals surface area contributed by atoms with E-state index in [1.807, 2.05) is 0 Å². The molecule has 0 heterocycles. The minimum atomic E-state index is -3.69. The molecule has 0 aliphatic rings. The van der Waals surface area contributed by atoms with Crippen molar-refractivity contribution < 1.29 is 8.42 Å². The van der Waals surface area contributed by atoms with Crippen molar-refractivity contribution in [2.75, 3.05) is 17.6 Å². The van der Waals surface area contributed by atoms with Gasteiger partial charge in [-0.05, 0) is 30.0 Å². The zero-order valence-electron chi connectivity index (χ0n) is 11.0. The Bertz CT molecular complexity index is 512. The maximum absolute atomic E-state index is 11.2. The third-order valence-corrected chi connectivity index (χ3v) is 4.02. The molecular weight excluding hydrogens is 250 g/mol. The number of sulfonamides is 1. The molecule has 1 rings (SSSR count). The molecule has 0 fully saturated rings. The van der Waals surface area contributed by atoms with E-state index in [1.54, 1.807) is 6.07 Å². The summed E-state index contributed by atoms with van der Waals surface area (Å²) in [6, 6.07) is 4.47. The van der Waals surface area contributed by atoms with E-state index in [0.29, 0.717) is 17.5 Å². The molecule has 0 aliphatic heterocycles. The normalized spacial score (nSPS) is 13.6. The minimum Gasteiger partial charge on any atom is -0.397 e. The lowest BCUT2D eigenvalue weighted by Crippen LogP contribution is -2.17. The Morgan fingerprint density at radius 3 is 2.33 bits per heavy atom. The molecular formula is C12H21N3O2S. The summed E-state index contributed by atoms with van der Waals surface area (Å²) in [4.78, 5) is 0.0301. The number of primary sulfonamides is 1. The summed E-state index contributed by atoms with van der Waals surface area (Å²) in [6.45, 7) is 7.24. The zero-order chi connectivity index (χ0) is 13.9. The van der Waals surface area contributed by atoms with Crippen LogP contribution in [0.2, 0.25) is 0 Å². The highest BCUT2D eigenvalue weighted by Crippen LogP contribution is 2.22. The smallest absolute Gasteiger partial charge is 0.238 e. The summed E-state index contributed by atoms with van der Waals surface area (Å²) in [5.41, 5.74) is 6.92. The average Bonchev–Trinajstić information content (AvgIpc) is 2.25. The molecule has 6 heteroatoms. The first-order chi connectivity index (χ1) is 8.21. The first-order valence-electron chi connectivity index (χ1n) is 5.88. The minimum absolute atomic E-state index is 0.0301. The molecule has 5 N–H and O–H groups in total. The molecule has 18 heavy (non-hydrogen) atoms. The molecule has 1 aromatic carbocycles. The van der Waals surface area contributed by atoms with E-state index in [0.717, 1.165) is 12.2 Å². The van der Waals surface area contributed by atoms with E-state index < -0.39 is 10.0 Å². The van der Waals surface area contributed by atoms with Crippen molar-refractivity contribution >= 4 is 21.4 Å². The van der Waals surface area contributed by atoms with E-state index >= 15 is 0 Å². The van der Waals surface area contributed by atoms with Crippen molar-refractivity contribution in [2.45, 2.75) is 25.7 Å². The van der Waals surface area contributed by atoms with Crippen LogP contribution in [-0.4, -0.2) is 15.0 Å².